The summed E-state index contributed by atoms with van der Waals surface area (Å²) in [6, 6.07) is 6.42. The molecule has 3 aliphatic rings. The normalized spacial score (nSPS) is 21.5. The third kappa shape index (κ3) is 5.44. The maximum atomic E-state index is 12.6. The molecule has 2 aromatic rings. The molecule has 0 bridgehead atoms. The summed E-state index contributed by atoms with van der Waals surface area (Å²) in [5.74, 6) is 2.75. The fourth-order valence-corrected chi connectivity index (χ4v) is 5.68. The number of hydrogen-bond acceptors (Lipinski definition) is 6. The maximum Gasteiger partial charge on any atom is 0.171 e. The number of carbonyl (C=O) groups excluding carboxylic acids is 1. The van der Waals surface area contributed by atoms with Crippen LogP contribution in [-0.2, 0) is 9.63 Å². The fourth-order valence-electron chi connectivity index (χ4n) is 5.68. The molecule has 186 valence electrons. The second-order valence-electron chi connectivity index (χ2n) is 10.1. The van der Waals surface area contributed by atoms with Gasteiger partial charge in [-0.25, -0.2) is 4.98 Å². The van der Waals surface area contributed by atoms with E-state index in [1.54, 1.807) is 13.4 Å². The lowest BCUT2D eigenvalue weighted by atomic mass is 9.94. The highest BCUT2D eigenvalue weighted by Gasteiger charge is 2.32. The first-order valence-corrected chi connectivity index (χ1v) is 13.0. The molecular weight excluding hydrogens is 440 g/mol. The van der Waals surface area contributed by atoms with Crippen LogP contribution in [0.3, 0.4) is 0 Å². The molecule has 0 radical (unpaired) electrons. The Hall–Kier alpha value is -3.09. The van der Waals surface area contributed by atoms with Gasteiger partial charge in [0.05, 0.1) is 30.9 Å². The number of carbonyl (C=O) groups is 1. The average Bonchev–Trinajstić information content (AvgIpc) is 3.54. The first-order chi connectivity index (χ1) is 17.1. The first-order valence-electron chi connectivity index (χ1n) is 13.0. The van der Waals surface area contributed by atoms with Gasteiger partial charge in [-0.2, -0.15) is 0 Å². The molecule has 0 unspecified atom stereocenters. The van der Waals surface area contributed by atoms with Crippen LogP contribution in [0.25, 0.3) is 11.8 Å². The van der Waals surface area contributed by atoms with Crippen LogP contribution in [0.4, 0.5) is 0 Å². The SMILES string of the molecule is COc1cc(/C=C2\CCCN3C2=NOC[C@@H]3CCC(=O)CC2CCCC2)ccc1-n1cnc(C)c1. The van der Waals surface area contributed by atoms with E-state index in [1.807, 2.05) is 17.7 Å². The summed E-state index contributed by atoms with van der Waals surface area (Å²) >= 11 is 0. The van der Waals surface area contributed by atoms with E-state index in [1.165, 1.54) is 31.3 Å². The Kier molecular flexibility index (Phi) is 7.21. The lowest BCUT2D eigenvalue weighted by Gasteiger charge is -2.40. The maximum absolute atomic E-state index is 12.6. The van der Waals surface area contributed by atoms with E-state index >= 15 is 0 Å². The molecule has 3 heterocycles. The lowest BCUT2D eigenvalue weighted by molar-refractivity contribution is -0.120. The standard InChI is InChI=1S/C28H36N4O3/c1-20-17-31(19-29-20)26-12-9-22(16-27(26)34-2)14-23-8-5-13-32-24(18-35-30-28(23)32)10-11-25(33)15-21-6-3-4-7-21/h9,12,14,16-17,19,21,24H,3-8,10-11,13,15,18H2,1-2H3/b23-14+/t24-/m0/s1. The van der Waals surface area contributed by atoms with Gasteiger partial charge in [0.25, 0.3) is 0 Å². The van der Waals surface area contributed by atoms with Crippen LogP contribution in [0.2, 0.25) is 0 Å². The number of hydrogen-bond donors (Lipinski definition) is 0. The number of oxime groups is 1. The number of rotatable bonds is 8. The van der Waals surface area contributed by atoms with Gasteiger partial charge in [-0.05, 0) is 61.4 Å². The molecule has 0 spiro atoms. The number of Topliss-reactive ketones (excluding diaryl/α,β-unsaturated/α-hetero) is 1. The Morgan fingerprint density at radius 1 is 1.26 bits per heavy atom. The molecule has 2 fully saturated rings. The molecular formula is C28H36N4O3. The Balaban J connectivity index is 1.28. The largest absolute Gasteiger partial charge is 0.495 e. The molecule has 1 aromatic heterocycles. The number of aryl methyl sites for hydroxylation is 1. The zero-order valence-corrected chi connectivity index (χ0v) is 20.9. The number of methoxy groups -OCH3 is 1. The van der Waals surface area contributed by atoms with E-state index in [2.05, 4.69) is 39.3 Å². The molecule has 7 heteroatoms. The van der Waals surface area contributed by atoms with Crippen molar-refractivity contribution in [2.45, 2.75) is 70.8 Å². The van der Waals surface area contributed by atoms with Crippen LogP contribution in [-0.4, -0.2) is 52.4 Å². The predicted molar refractivity (Wildman–Crippen MR) is 137 cm³/mol. The summed E-state index contributed by atoms with van der Waals surface area (Å²) in [4.78, 5) is 24.9. The van der Waals surface area contributed by atoms with Gasteiger partial charge in [0.1, 0.15) is 18.1 Å². The van der Waals surface area contributed by atoms with E-state index in [0.29, 0.717) is 24.7 Å². The number of nitrogens with zero attached hydrogens (tertiary/aromatic N) is 4. The molecule has 1 atom stereocenters. The fraction of sp³-hybridized carbons (Fsp3) is 0.536. The summed E-state index contributed by atoms with van der Waals surface area (Å²) in [5, 5.41) is 4.45. The van der Waals surface area contributed by atoms with Crippen LogP contribution >= 0.6 is 0 Å². The second-order valence-corrected chi connectivity index (χ2v) is 10.1. The average molecular weight is 477 g/mol. The summed E-state index contributed by atoms with van der Waals surface area (Å²) in [5.41, 5.74) is 4.16. The van der Waals surface area contributed by atoms with E-state index in [0.717, 1.165) is 60.8 Å². The van der Waals surface area contributed by atoms with Crippen molar-refractivity contribution in [3.05, 3.63) is 47.6 Å². The molecule has 5 rings (SSSR count). The minimum Gasteiger partial charge on any atom is -0.495 e. The van der Waals surface area contributed by atoms with E-state index in [-0.39, 0.29) is 6.04 Å². The quantitative estimate of drug-likeness (QED) is 0.516. The molecule has 2 aliphatic heterocycles. The number of fused-ring (bicyclic) bond motifs is 1. The molecule has 7 nitrogen and oxygen atoms in total. The van der Waals surface area contributed by atoms with E-state index < -0.39 is 0 Å². The van der Waals surface area contributed by atoms with E-state index in [9.17, 15) is 4.79 Å². The molecule has 35 heavy (non-hydrogen) atoms. The molecule has 1 saturated heterocycles. The van der Waals surface area contributed by atoms with Crippen molar-refractivity contribution in [2.75, 3.05) is 20.3 Å². The van der Waals surface area contributed by atoms with E-state index in [4.69, 9.17) is 9.57 Å². The van der Waals surface area contributed by atoms with Gasteiger partial charge in [-0.3, -0.25) is 4.79 Å². The van der Waals surface area contributed by atoms with Gasteiger partial charge in [0.2, 0.25) is 0 Å². The summed E-state index contributed by atoms with van der Waals surface area (Å²) in [6.07, 6.45) is 15.3. The number of aromatic nitrogens is 2. The van der Waals surface area contributed by atoms with Crippen molar-refractivity contribution in [1.82, 2.24) is 14.5 Å². The Labute approximate surface area is 207 Å². The number of piperidine rings is 1. The smallest absolute Gasteiger partial charge is 0.171 e. The highest BCUT2D eigenvalue weighted by Crippen LogP contribution is 2.31. The third-order valence-electron chi connectivity index (χ3n) is 7.55. The monoisotopic (exact) mass is 476 g/mol. The predicted octanol–water partition coefficient (Wildman–Crippen LogP) is 5.31. The molecule has 1 saturated carbocycles. The van der Waals surface area contributed by atoms with Crippen LogP contribution in [0.5, 0.6) is 5.75 Å². The number of ether oxygens (including phenoxy) is 1. The van der Waals surface area contributed by atoms with Crippen LogP contribution < -0.4 is 4.74 Å². The minimum absolute atomic E-state index is 0.208. The van der Waals surface area contributed by atoms with Crippen LogP contribution in [0.1, 0.15) is 69.0 Å². The molecule has 0 N–H and O–H groups in total. The van der Waals surface area contributed by atoms with Crippen LogP contribution in [0.15, 0.2) is 41.5 Å². The van der Waals surface area contributed by atoms with Gasteiger partial charge in [-0.15, -0.1) is 0 Å². The molecule has 1 aliphatic carbocycles. The Morgan fingerprint density at radius 2 is 2.11 bits per heavy atom. The lowest BCUT2D eigenvalue weighted by Crippen LogP contribution is -2.49. The summed E-state index contributed by atoms with van der Waals surface area (Å²) in [6.45, 7) is 3.49. The van der Waals surface area contributed by atoms with Crippen molar-refractivity contribution >= 4 is 17.7 Å². The zero-order chi connectivity index (χ0) is 24.2. The number of ketones is 1. The summed E-state index contributed by atoms with van der Waals surface area (Å²) < 4.78 is 7.67. The van der Waals surface area contributed by atoms with Crippen molar-refractivity contribution in [1.29, 1.82) is 0 Å². The highest BCUT2D eigenvalue weighted by atomic mass is 16.6. The van der Waals surface area contributed by atoms with Crippen molar-refractivity contribution in [3.8, 4) is 11.4 Å². The summed E-state index contributed by atoms with van der Waals surface area (Å²) in [7, 11) is 1.69. The zero-order valence-electron chi connectivity index (χ0n) is 20.9. The second kappa shape index (κ2) is 10.7. The Bertz CT molecular complexity index is 1110. The molecule has 0 amide bonds. The van der Waals surface area contributed by atoms with Crippen molar-refractivity contribution < 1.29 is 14.4 Å². The minimum atomic E-state index is 0.208. The number of amidine groups is 1. The first kappa shape index (κ1) is 23.6. The number of benzene rings is 1. The van der Waals surface area contributed by atoms with Crippen molar-refractivity contribution in [2.24, 2.45) is 11.1 Å². The van der Waals surface area contributed by atoms with Gasteiger partial charge in [0, 0.05) is 25.6 Å². The molecule has 1 aromatic carbocycles. The van der Waals surface area contributed by atoms with Gasteiger partial charge in [0.15, 0.2) is 5.84 Å². The van der Waals surface area contributed by atoms with Gasteiger partial charge >= 0.3 is 0 Å². The van der Waals surface area contributed by atoms with Gasteiger partial charge < -0.3 is 19.0 Å². The highest BCUT2D eigenvalue weighted by molar-refractivity contribution is 6.03. The Morgan fingerprint density at radius 3 is 2.89 bits per heavy atom. The number of imidazole rings is 1. The third-order valence-corrected chi connectivity index (χ3v) is 7.55. The topological polar surface area (TPSA) is 69.0 Å². The van der Waals surface area contributed by atoms with Gasteiger partial charge in [-0.1, -0.05) is 36.9 Å². The van der Waals surface area contributed by atoms with Crippen LogP contribution in [0, 0.1) is 12.8 Å². The van der Waals surface area contributed by atoms with Crippen molar-refractivity contribution in [3.63, 3.8) is 0 Å².